The van der Waals surface area contributed by atoms with Gasteiger partial charge in [-0.1, -0.05) is 66.7 Å². The predicted octanol–water partition coefficient (Wildman–Crippen LogP) is 8.16. The van der Waals surface area contributed by atoms with Gasteiger partial charge in [-0.15, -0.1) is 0 Å². The number of allylic oxidation sites excluding steroid dienone is 2. The number of carboxylic acids is 2. The lowest BCUT2D eigenvalue weighted by Crippen LogP contribution is -2.49. The van der Waals surface area contributed by atoms with Crippen LogP contribution in [-0.2, 0) is 25.7 Å². The molecule has 0 spiro atoms. The molecule has 0 amide bonds. The standard InChI is InChI=1S/C29H35NO5.C17H14O5/c31-26-20-27(35-21-22-12-14-24(15-13-22)23-8-4-3-5-9-23)25(10-6-1-2-7-11-28(32)33)29(26)30-16-18-34-19-17-30;1-9(2)21-11-4-5-12-15(8-11)22-14-6-3-10(17(19)20)7-13(14)16(12)18/h1-5,8-9,12-15,25,27,29H,6-7,10-11,16-21H2,(H,32,33);3-9H,1-2H3,(H,19,20)/b2-1-;/t25-,27-,29+;/m1./s1. The number of fused-ring (bicyclic) bond motifs is 2. The van der Waals surface area contributed by atoms with Crippen LogP contribution in [0, 0.1) is 5.92 Å². The molecule has 11 heteroatoms. The molecule has 0 bridgehead atoms. The zero-order valence-corrected chi connectivity index (χ0v) is 32.3. The number of rotatable bonds is 14. The van der Waals surface area contributed by atoms with E-state index in [2.05, 4.69) is 41.3 Å². The highest BCUT2D eigenvalue weighted by Crippen LogP contribution is 2.35. The van der Waals surface area contributed by atoms with Crippen molar-refractivity contribution in [2.24, 2.45) is 5.92 Å². The van der Waals surface area contributed by atoms with Crippen molar-refractivity contribution in [3.63, 3.8) is 0 Å². The van der Waals surface area contributed by atoms with Crippen LogP contribution >= 0.6 is 0 Å². The second-order valence-corrected chi connectivity index (χ2v) is 14.6. The smallest absolute Gasteiger partial charge is 0.335 e. The van der Waals surface area contributed by atoms with Crippen LogP contribution in [0.4, 0.5) is 0 Å². The first-order valence-electron chi connectivity index (χ1n) is 19.4. The zero-order valence-electron chi connectivity index (χ0n) is 32.3. The van der Waals surface area contributed by atoms with E-state index >= 15 is 0 Å². The molecular formula is C46H49NO10. The molecule has 2 fully saturated rings. The molecule has 1 aliphatic heterocycles. The molecule has 2 aliphatic rings. The number of aromatic carboxylic acids is 1. The van der Waals surface area contributed by atoms with Gasteiger partial charge in [0.25, 0.3) is 0 Å². The molecule has 57 heavy (non-hydrogen) atoms. The van der Waals surface area contributed by atoms with Crippen LogP contribution in [-0.4, -0.2) is 77.4 Å². The number of hydrogen-bond acceptors (Lipinski definition) is 9. The Hall–Kier alpha value is -5.62. The average molecular weight is 776 g/mol. The van der Waals surface area contributed by atoms with Crippen LogP contribution in [0.5, 0.6) is 5.75 Å². The maximum atomic E-state index is 13.1. The summed E-state index contributed by atoms with van der Waals surface area (Å²) in [5.74, 6) is -0.868. The summed E-state index contributed by atoms with van der Waals surface area (Å²) >= 11 is 0. The molecule has 7 rings (SSSR count). The minimum atomic E-state index is -1.08. The van der Waals surface area contributed by atoms with Crippen LogP contribution in [0.25, 0.3) is 33.1 Å². The second kappa shape index (κ2) is 19.5. The number of benzene rings is 4. The summed E-state index contributed by atoms with van der Waals surface area (Å²) in [6.45, 7) is 7.16. The molecule has 1 saturated carbocycles. The van der Waals surface area contributed by atoms with Gasteiger partial charge in [0.2, 0.25) is 5.43 Å². The molecule has 1 saturated heterocycles. The van der Waals surface area contributed by atoms with Crippen molar-refractivity contribution >= 4 is 39.7 Å². The lowest BCUT2D eigenvalue weighted by Gasteiger charge is -2.35. The highest BCUT2D eigenvalue weighted by molar-refractivity contribution is 5.96. The van der Waals surface area contributed by atoms with E-state index in [0.29, 0.717) is 55.0 Å². The van der Waals surface area contributed by atoms with Crippen LogP contribution in [0.2, 0.25) is 0 Å². The summed E-state index contributed by atoms with van der Waals surface area (Å²) in [6, 6.07) is 27.8. The van der Waals surface area contributed by atoms with Crippen LogP contribution in [0.15, 0.2) is 112 Å². The Morgan fingerprint density at radius 2 is 1.56 bits per heavy atom. The fourth-order valence-corrected chi connectivity index (χ4v) is 7.44. The van der Waals surface area contributed by atoms with E-state index in [1.54, 1.807) is 18.2 Å². The summed E-state index contributed by atoms with van der Waals surface area (Å²) in [6.07, 6.45) is 6.64. The van der Waals surface area contributed by atoms with Gasteiger partial charge in [-0.3, -0.25) is 19.3 Å². The third-order valence-corrected chi connectivity index (χ3v) is 10.2. The summed E-state index contributed by atoms with van der Waals surface area (Å²) < 4.78 is 23.2. The molecular weight excluding hydrogens is 727 g/mol. The molecule has 2 N–H and O–H groups in total. The number of nitrogens with zero attached hydrogens (tertiary/aromatic N) is 1. The normalized spacial score (nSPS) is 18.6. The first kappa shape index (κ1) is 41.0. The van der Waals surface area contributed by atoms with Crippen molar-refractivity contribution in [3.8, 4) is 16.9 Å². The molecule has 4 aromatic carbocycles. The van der Waals surface area contributed by atoms with Gasteiger partial charge < -0.3 is 28.8 Å². The molecule has 298 valence electrons. The quantitative estimate of drug-likeness (QED) is 0.0830. The number of carboxylic acid groups (broad SMARTS) is 2. The molecule has 0 radical (unpaired) electrons. The minimum Gasteiger partial charge on any atom is -0.491 e. The average Bonchev–Trinajstić information content (AvgIpc) is 3.53. The van der Waals surface area contributed by atoms with Crippen molar-refractivity contribution in [1.82, 2.24) is 4.90 Å². The summed E-state index contributed by atoms with van der Waals surface area (Å²) in [4.78, 5) is 49.6. The Balaban J connectivity index is 0.000000214. The third-order valence-electron chi connectivity index (χ3n) is 10.2. The zero-order chi connectivity index (χ0) is 40.3. The van der Waals surface area contributed by atoms with Gasteiger partial charge in [-0.05, 0) is 80.1 Å². The Labute approximate surface area is 331 Å². The van der Waals surface area contributed by atoms with Crippen molar-refractivity contribution in [1.29, 1.82) is 0 Å². The molecule has 2 heterocycles. The summed E-state index contributed by atoms with van der Waals surface area (Å²) in [5, 5.41) is 18.5. The van der Waals surface area contributed by atoms with Crippen molar-refractivity contribution in [2.45, 2.75) is 70.8 Å². The number of Topliss-reactive ketones (excluding diaryl/α,β-unsaturated/α-hetero) is 1. The molecule has 1 aromatic heterocycles. The first-order valence-corrected chi connectivity index (χ1v) is 19.4. The Morgan fingerprint density at radius 1 is 0.842 bits per heavy atom. The van der Waals surface area contributed by atoms with Crippen molar-refractivity contribution in [3.05, 3.63) is 124 Å². The molecule has 11 nitrogen and oxygen atoms in total. The van der Waals surface area contributed by atoms with Gasteiger partial charge in [0.1, 0.15) is 16.9 Å². The van der Waals surface area contributed by atoms with Gasteiger partial charge in [-0.2, -0.15) is 0 Å². The number of ether oxygens (including phenoxy) is 3. The largest absolute Gasteiger partial charge is 0.491 e. The molecule has 3 atom stereocenters. The lowest BCUT2D eigenvalue weighted by atomic mass is 9.93. The Bertz CT molecular complexity index is 2240. The molecule has 1 aliphatic carbocycles. The summed E-state index contributed by atoms with van der Waals surface area (Å²) in [5.41, 5.74) is 4.02. The topological polar surface area (TPSA) is 153 Å². The SMILES string of the molecule is CC(C)Oc1ccc2c(=O)c3cc(C(=O)O)ccc3oc2c1.O=C(O)CC/C=C\CC[C@H]1[C@H](N2CCOCC2)C(=O)C[C@H]1OCc1ccc(-c2ccccc2)cc1. The van der Waals surface area contributed by atoms with Gasteiger partial charge in [0, 0.05) is 37.9 Å². The van der Waals surface area contributed by atoms with E-state index in [1.165, 1.54) is 29.3 Å². The molecule has 5 aromatic rings. The number of carbonyl (C=O) groups excluding carboxylic acids is 1. The van der Waals surface area contributed by atoms with Gasteiger partial charge >= 0.3 is 11.9 Å². The highest BCUT2D eigenvalue weighted by Gasteiger charge is 2.45. The van der Waals surface area contributed by atoms with E-state index in [4.69, 9.17) is 28.8 Å². The molecule has 0 unspecified atom stereocenters. The lowest BCUT2D eigenvalue weighted by molar-refractivity contribution is -0.137. The Kier molecular flexibility index (Phi) is 14.0. The van der Waals surface area contributed by atoms with Crippen LogP contribution in [0.1, 0.15) is 61.9 Å². The van der Waals surface area contributed by atoms with E-state index in [9.17, 15) is 19.2 Å². The Morgan fingerprint density at radius 3 is 2.26 bits per heavy atom. The predicted molar refractivity (Wildman–Crippen MR) is 218 cm³/mol. The number of hydrogen-bond donors (Lipinski definition) is 2. The maximum absolute atomic E-state index is 13.1. The fraction of sp³-hybridized carbons (Fsp3) is 0.348. The second-order valence-electron chi connectivity index (χ2n) is 14.6. The number of aliphatic carboxylic acids is 1. The monoisotopic (exact) mass is 775 g/mol. The van der Waals surface area contributed by atoms with E-state index in [0.717, 1.165) is 31.5 Å². The van der Waals surface area contributed by atoms with Crippen LogP contribution in [0.3, 0.4) is 0 Å². The van der Waals surface area contributed by atoms with Crippen LogP contribution < -0.4 is 10.2 Å². The first-order chi connectivity index (χ1) is 27.6. The number of morpholine rings is 1. The van der Waals surface area contributed by atoms with E-state index < -0.39 is 11.9 Å². The van der Waals surface area contributed by atoms with E-state index in [-0.39, 0.29) is 52.8 Å². The van der Waals surface area contributed by atoms with Gasteiger partial charge in [-0.25, -0.2) is 4.79 Å². The third kappa shape index (κ3) is 10.8. The van der Waals surface area contributed by atoms with E-state index in [1.807, 2.05) is 44.2 Å². The minimum absolute atomic E-state index is 0.0164. The fourth-order valence-electron chi connectivity index (χ4n) is 7.44. The number of carbonyl (C=O) groups is 3. The highest BCUT2D eigenvalue weighted by atomic mass is 16.5. The summed E-state index contributed by atoms with van der Waals surface area (Å²) in [7, 11) is 0. The van der Waals surface area contributed by atoms with Crippen molar-refractivity contribution in [2.75, 3.05) is 26.3 Å². The van der Waals surface area contributed by atoms with Gasteiger partial charge in [0.15, 0.2) is 5.78 Å². The number of ketones is 1. The maximum Gasteiger partial charge on any atom is 0.335 e. The van der Waals surface area contributed by atoms with Crippen molar-refractivity contribution < 1.29 is 43.2 Å². The van der Waals surface area contributed by atoms with Gasteiger partial charge in [0.05, 0.1) is 54.4 Å².